The molecule has 0 spiro atoms. The molecule has 16 heavy (non-hydrogen) atoms. The van der Waals surface area contributed by atoms with Gasteiger partial charge in [0.05, 0.1) is 0 Å². The molecule has 0 aliphatic heterocycles. The van der Waals surface area contributed by atoms with Gasteiger partial charge in [-0.1, -0.05) is 37.3 Å². The van der Waals surface area contributed by atoms with E-state index in [0.29, 0.717) is 0 Å². The summed E-state index contributed by atoms with van der Waals surface area (Å²) in [5.41, 5.74) is 0.866. The van der Waals surface area contributed by atoms with Crippen LogP contribution in [0.3, 0.4) is 0 Å². The predicted octanol–water partition coefficient (Wildman–Crippen LogP) is 3.62. The second-order valence-electron chi connectivity index (χ2n) is 3.90. The number of para-hydroxylation sites is 1. The molecule has 0 saturated carbocycles. The summed E-state index contributed by atoms with van der Waals surface area (Å²) in [5, 5.41) is 2.91. The van der Waals surface area contributed by atoms with Crippen molar-refractivity contribution in [1.29, 1.82) is 0 Å². The molecule has 1 rings (SSSR count). The fourth-order valence-electron chi connectivity index (χ4n) is 1.43. The van der Waals surface area contributed by atoms with Gasteiger partial charge in [0.15, 0.2) is 0 Å². The third kappa shape index (κ3) is 4.30. The molecule has 0 aliphatic carbocycles. The van der Waals surface area contributed by atoms with Crippen LogP contribution in [0.1, 0.15) is 26.7 Å². The van der Waals surface area contributed by atoms with Crippen LogP contribution >= 0.6 is 0 Å². The lowest BCUT2D eigenvalue weighted by Crippen LogP contribution is -2.20. The van der Waals surface area contributed by atoms with E-state index in [1.165, 1.54) is 0 Å². The first-order chi connectivity index (χ1) is 7.74. The Morgan fingerprint density at radius 2 is 2.06 bits per heavy atom. The van der Waals surface area contributed by atoms with Crippen LogP contribution in [-0.4, -0.2) is 5.91 Å². The Balaban J connectivity index is 2.40. The molecule has 2 heteroatoms. The standard InChI is InChI=1S/C14H19NO/c1-3-4-6-9-12(2)14(16)15-13-10-7-5-8-11-13/h3-5,7-8,10-12H,6,9H2,1-2H3,(H,15,16). The van der Waals surface area contributed by atoms with Crippen molar-refractivity contribution in [1.82, 2.24) is 0 Å². The lowest BCUT2D eigenvalue weighted by atomic mass is 10.0. The minimum atomic E-state index is 0.0522. The van der Waals surface area contributed by atoms with Crippen LogP contribution in [0.25, 0.3) is 0 Å². The molecule has 0 aliphatic rings. The molecule has 1 amide bonds. The molecule has 0 saturated heterocycles. The molecule has 1 atom stereocenters. The zero-order valence-electron chi connectivity index (χ0n) is 9.94. The van der Waals surface area contributed by atoms with Crippen LogP contribution in [-0.2, 0) is 4.79 Å². The maximum atomic E-state index is 11.8. The topological polar surface area (TPSA) is 29.1 Å². The highest BCUT2D eigenvalue weighted by Crippen LogP contribution is 2.11. The van der Waals surface area contributed by atoms with Gasteiger partial charge in [-0.15, -0.1) is 0 Å². The highest BCUT2D eigenvalue weighted by Gasteiger charge is 2.11. The van der Waals surface area contributed by atoms with Gasteiger partial charge in [0, 0.05) is 11.6 Å². The molecular weight excluding hydrogens is 198 g/mol. The van der Waals surface area contributed by atoms with Crippen LogP contribution in [0.4, 0.5) is 5.69 Å². The maximum absolute atomic E-state index is 11.8. The van der Waals surface area contributed by atoms with Gasteiger partial charge in [-0.3, -0.25) is 4.79 Å². The summed E-state index contributed by atoms with van der Waals surface area (Å²) in [6.07, 6.45) is 5.96. The summed E-state index contributed by atoms with van der Waals surface area (Å²) in [4.78, 5) is 11.8. The second-order valence-corrected chi connectivity index (χ2v) is 3.90. The minimum Gasteiger partial charge on any atom is -0.326 e. The molecule has 2 nitrogen and oxygen atoms in total. The molecule has 0 radical (unpaired) electrons. The van der Waals surface area contributed by atoms with Crippen molar-refractivity contribution in [2.75, 3.05) is 5.32 Å². The van der Waals surface area contributed by atoms with Gasteiger partial charge in [0.2, 0.25) is 5.91 Å². The van der Waals surface area contributed by atoms with E-state index in [1.807, 2.05) is 50.3 Å². The molecule has 1 N–H and O–H groups in total. The number of allylic oxidation sites excluding steroid dienone is 2. The molecular formula is C14H19NO. The van der Waals surface area contributed by atoms with Crippen LogP contribution in [0.5, 0.6) is 0 Å². The van der Waals surface area contributed by atoms with Crippen molar-refractivity contribution in [3.8, 4) is 0 Å². The Morgan fingerprint density at radius 3 is 2.69 bits per heavy atom. The zero-order chi connectivity index (χ0) is 11.8. The molecule has 0 heterocycles. The highest BCUT2D eigenvalue weighted by atomic mass is 16.1. The van der Waals surface area contributed by atoms with Crippen molar-refractivity contribution < 1.29 is 4.79 Å². The third-order valence-electron chi connectivity index (χ3n) is 2.49. The summed E-state index contributed by atoms with van der Waals surface area (Å²) >= 11 is 0. The normalized spacial score (nSPS) is 12.6. The van der Waals surface area contributed by atoms with Gasteiger partial charge < -0.3 is 5.32 Å². The Morgan fingerprint density at radius 1 is 1.38 bits per heavy atom. The van der Waals surface area contributed by atoms with Crippen LogP contribution < -0.4 is 5.32 Å². The molecule has 0 fully saturated rings. The number of carbonyl (C=O) groups is 1. The predicted molar refractivity (Wildman–Crippen MR) is 68.3 cm³/mol. The van der Waals surface area contributed by atoms with E-state index in [4.69, 9.17) is 0 Å². The average Bonchev–Trinajstić information content (AvgIpc) is 2.30. The van der Waals surface area contributed by atoms with Crippen molar-refractivity contribution in [3.05, 3.63) is 42.5 Å². The Kier molecular flexibility index (Phi) is 5.34. The first kappa shape index (κ1) is 12.5. The smallest absolute Gasteiger partial charge is 0.227 e. The fourth-order valence-corrected chi connectivity index (χ4v) is 1.43. The van der Waals surface area contributed by atoms with Gasteiger partial charge in [0.1, 0.15) is 0 Å². The summed E-state index contributed by atoms with van der Waals surface area (Å²) in [7, 11) is 0. The van der Waals surface area contributed by atoms with Gasteiger partial charge in [-0.25, -0.2) is 0 Å². The van der Waals surface area contributed by atoms with E-state index < -0.39 is 0 Å². The van der Waals surface area contributed by atoms with E-state index in [-0.39, 0.29) is 11.8 Å². The molecule has 0 bridgehead atoms. The minimum absolute atomic E-state index is 0.0522. The van der Waals surface area contributed by atoms with Crippen molar-refractivity contribution in [2.24, 2.45) is 5.92 Å². The first-order valence-electron chi connectivity index (χ1n) is 5.71. The molecule has 0 aromatic heterocycles. The number of rotatable bonds is 5. The number of amides is 1. The van der Waals surface area contributed by atoms with Gasteiger partial charge >= 0.3 is 0 Å². The quantitative estimate of drug-likeness (QED) is 0.750. The van der Waals surface area contributed by atoms with Gasteiger partial charge in [-0.05, 0) is 31.9 Å². The summed E-state index contributed by atoms with van der Waals surface area (Å²) in [5.74, 6) is 0.145. The number of hydrogen-bond donors (Lipinski definition) is 1. The largest absolute Gasteiger partial charge is 0.326 e. The highest BCUT2D eigenvalue weighted by molar-refractivity contribution is 5.92. The number of anilines is 1. The van der Waals surface area contributed by atoms with E-state index in [0.717, 1.165) is 18.5 Å². The van der Waals surface area contributed by atoms with Crippen molar-refractivity contribution >= 4 is 11.6 Å². The van der Waals surface area contributed by atoms with E-state index in [9.17, 15) is 4.79 Å². The Hall–Kier alpha value is -1.57. The summed E-state index contributed by atoms with van der Waals surface area (Å²) in [6.45, 7) is 3.95. The average molecular weight is 217 g/mol. The first-order valence-corrected chi connectivity index (χ1v) is 5.71. The van der Waals surface area contributed by atoms with Crippen LogP contribution in [0, 0.1) is 5.92 Å². The second kappa shape index (κ2) is 6.83. The maximum Gasteiger partial charge on any atom is 0.227 e. The summed E-state index contributed by atoms with van der Waals surface area (Å²) in [6, 6.07) is 9.57. The molecule has 1 aromatic carbocycles. The lowest BCUT2D eigenvalue weighted by Gasteiger charge is -2.10. The fraction of sp³-hybridized carbons (Fsp3) is 0.357. The Bertz CT molecular complexity index is 343. The Labute approximate surface area is 97.4 Å². The van der Waals surface area contributed by atoms with E-state index in [2.05, 4.69) is 11.4 Å². The van der Waals surface area contributed by atoms with Crippen LogP contribution in [0.15, 0.2) is 42.5 Å². The van der Waals surface area contributed by atoms with Crippen molar-refractivity contribution in [3.63, 3.8) is 0 Å². The number of nitrogens with one attached hydrogen (secondary N) is 1. The SMILES string of the molecule is CC=CCCC(C)C(=O)Nc1ccccc1. The molecule has 86 valence electrons. The van der Waals surface area contributed by atoms with Crippen molar-refractivity contribution in [2.45, 2.75) is 26.7 Å². The zero-order valence-corrected chi connectivity index (χ0v) is 9.94. The van der Waals surface area contributed by atoms with Gasteiger partial charge in [-0.2, -0.15) is 0 Å². The monoisotopic (exact) mass is 217 g/mol. The number of carbonyl (C=O) groups excluding carboxylic acids is 1. The third-order valence-corrected chi connectivity index (χ3v) is 2.49. The lowest BCUT2D eigenvalue weighted by molar-refractivity contribution is -0.119. The van der Waals surface area contributed by atoms with E-state index >= 15 is 0 Å². The van der Waals surface area contributed by atoms with Gasteiger partial charge in [0.25, 0.3) is 0 Å². The molecule has 1 aromatic rings. The van der Waals surface area contributed by atoms with E-state index in [1.54, 1.807) is 0 Å². The summed E-state index contributed by atoms with van der Waals surface area (Å²) < 4.78 is 0. The number of hydrogen-bond acceptors (Lipinski definition) is 1. The van der Waals surface area contributed by atoms with Crippen LogP contribution in [0.2, 0.25) is 0 Å². The molecule has 1 unspecified atom stereocenters. The number of benzene rings is 1.